The van der Waals surface area contributed by atoms with Gasteiger partial charge in [0.2, 0.25) is 0 Å². The number of nitrogens with one attached hydrogen (secondary N) is 1. The van der Waals surface area contributed by atoms with Crippen LogP contribution in [0.3, 0.4) is 0 Å². The van der Waals surface area contributed by atoms with Crippen molar-refractivity contribution >= 4 is 11.6 Å². The highest BCUT2D eigenvalue weighted by Crippen LogP contribution is 2.14. The zero-order chi connectivity index (χ0) is 13.2. The predicted octanol–water partition coefficient (Wildman–Crippen LogP) is 4.61. The topological polar surface area (TPSA) is 12.0 Å². The molecule has 0 aliphatic rings. The van der Waals surface area contributed by atoms with Gasteiger partial charge in [0.15, 0.2) is 0 Å². The molecule has 0 heterocycles. The Labute approximate surface area is 116 Å². The average molecular weight is 266 g/mol. The van der Waals surface area contributed by atoms with Crippen LogP contribution in [-0.4, -0.2) is 13.1 Å². The third kappa shape index (κ3) is 6.23. The summed E-state index contributed by atoms with van der Waals surface area (Å²) < 4.78 is 0. The molecule has 0 aliphatic heterocycles. The van der Waals surface area contributed by atoms with Crippen LogP contribution < -0.4 is 5.32 Å². The molecule has 0 bridgehead atoms. The zero-order valence-corrected chi connectivity index (χ0v) is 12.0. The highest BCUT2D eigenvalue weighted by atomic mass is 35.5. The number of benzene rings is 1. The quantitative estimate of drug-likeness (QED) is 0.508. The molecule has 1 N–H and O–H groups in total. The van der Waals surface area contributed by atoms with E-state index in [1.54, 1.807) is 0 Å². The largest absolute Gasteiger partial charge is 0.317 e. The van der Waals surface area contributed by atoms with Gasteiger partial charge in [0.25, 0.3) is 0 Å². The highest BCUT2D eigenvalue weighted by Gasteiger charge is 2.06. The first-order valence-corrected chi connectivity index (χ1v) is 7.16. The van der Waals surface area contributed by atoms with Crippen LogP contribution in [0.25, 0.3) is 0 Å². The summed E-state index contributed by atoms with van der Waals surface area (Å²) in [6.07, 6.45) is 9.30. The summed E-state index contributed by atoms with van der Waals surface area (Å²) in [6.45, 7) is 3.75. The first-order valence-electron chi connectivity index (χ1n) is 6.79. The number of unbranched alkanes of at least 4 members (excludes halogenated alkanes) is 3. The second-order valence-electron chi connectivity index (χ2n) is 4.74. The third-order valence-electron chi connectivity index (χ3n) is 3.26. The molecule has 1 unspecified atom stereocenters. The van der Waals surface area contributed by atoms with E-state index in [0.717, 1.165) is 17.9 Å². The fraction of sp³-hybridized carbons (Fsp3) is 0.500. The van der Waals surface area contributed by atoms with E-state index >= 15 is 0 Å². The van der Waals surface area contributed by atoms with E-state index in [9.17, 15) is 0 Å². The molecule has 1 rings (SSSR count). The molecule has 0 spiro atoms. The van der Waals surface area contributed by atoms with Crippen molar-refractivity contribution in [3.05, 3.63) is 47.5 Å². The number of halogens is 1. The third-order valence-corrected chi connectivity index (χ3v) is 3.52. The number of hydrogen-bond donors (Lipinski definition) is 1. The van der Waals surface area contributed by atoms with Crippen LogP contribution in [0.1, 0.15) is 37.7 Å². The van der Waals surface area contributed by atoms with E-state index in [4.69, 9.17) is 11.6 Å². The SMILES string of the molecule is C=CCCCCCC(Cc1ccc(Cl)cc1)NC. The van der Waals surface area contributed by atoms with Crippen molar-refractivity contribution in [1.82, 2.24) is 5.32 Å². The lowest BCUT2D eigenvalue weighted by molar-refractivity contribution is 0.487. The maximum atomic E-state index is 5.89. The van der Waals surface area contributed by atoms with Crippen molar-refractivity contribution in [2.24, 2.45) is 0 Å². The smallest absolute Gasteiger partial charge is 0.0406 e. The van der Waals surface area contributed by atoms with E-state index in [1.807, 2.05) is 25.3 Å². The molecule has 1 aromatic carbocycles. The van der Waals surface area contributed by atoms with Gasteiger partial charge in [-0.25, -0.2) is 0 Å². The lowest BCUT2D eigenvalue weighted by atomic mass is 10.00. The number of allylic oxidation sites excluding steroid dienone is 1. The first kappa shape index (κ1) is 15.3. The maximum Gasteiger partial charge on any atom is 0.0406 e. The second-order valence-corrected chi connectivity index (χ2v) is 5.18. The molecule has 0 amide bonds. The average Bonchev–Trinajstić information content (AvgIpc) is 2.39. The van der Waals surface area contributed by atoms with E-state index in [1.165, 1.54) is 31.2 Å². The molecular formula is C16H24ClN. The first-order chi connectivity index (χ1) is 8.76. The maximum absolute atomic E-state index is 5.89. The van der Waals surface area contributed by atoms with Crippen LogP contribution in [-0.2, 0) is 6.42 Å². The lowest BCUT2D eigenvalue weighted by Crippen LogP contribution is -2.27. The molecule has 1 atom stereocenters. The molecular weight excluding hydrogens is 242 g/mol. The van der Waals surface area contributed by atoms with Gasteiger partial charge < -0.3 is 5.32 Å². The Bertz CT molecular complexity index is 331. The summed E-state index contributed by atoms with van der Waals surface area (Å²) in [5.41, 5.74) is 1.35. The van der Waals surface area contributed by atoms with Crippen LogP contribution in [0.15, 0.2) is 36.9 Å². The van der Waals surface area contributed by atoms with Gasteiger partial charge in [0.05, 0.1) is 0 Å². The number of likely N-dealkylation sites (N-methyl/N-ethyl adjacent to an activating group) is 1. The van der Waals surface area contributed by atoms with Gasteiger partial charge in [-0.15, -0.1) is 6.58 Å². The lowest BCUT2D eigenvalue weighted by Gasteiger charge is -2.16. The Balaban J connectivity index is 2.28. The van der Waals surface area contributed by atoms with Gasteiger partial charge >= 0.3 is 0 Å². The van der Waals surface area contributed by atoms with Gasteiger partial charge in [-0.1, -0.05) is 42.7 Å². The summed E-state index contributed by atoms with van der Waals surface area (Å²) in [6, 6.07) is 8.73. The van der Waals surface area contributed by atoms with Gasteiger partial charge in [-0.2, -0.15) is 0 Å². The molecule has 0 aliphatic carbocycles. The fourth-order valence-electron chi connectivity index (χ4n) is 2.11. The molecule has 0 saturated carbocycles. The molecule has 18 heavy (non-hydrogen) atoms. The number of rotatable bonds is 9. The summed E-state index contributed by atoms with van der Waals surface area (Å²) in [4.78, 5) is 0. The summed E-state index contributed by atoms with van der Waals surface area (Å²) >= 11 is 5.89. The van der Waals surface area contributed by atoms with Crippen LogP contribution >= 0.6 is 11.6 Å². The Morgan fingerprint density at radius 2 is 1.94 bits per heavy atom. The van der Waals surface area contributed by atoms with Crippen molar-refractivity contribution in [1.29, 1.82) is 0 Å². The monoisotopic (exact) mass is 265 g/mol. The Hall–Kier alpha value is -0.790. The summed E-state index contributed by atoms with van der Waals surface area (Å²) in [5, 5.41) is 4.21. The van der Waals surface area contributed by atoms with E-state index in [-0.39, 0.29) is 0 Å². The molecule has 1 aromatic rings. The molecule has 1 nitrogen and oxygen atoms in total. The van der Waals surface area contributed by atoms with E-state index in [0.29, 0.717) is 6.04 Å². The minimum atomic E-state index is 0.565. The van der Waals surface area contributed by atoms with Crippen molar-refractivity contribution in [2.45, 2.75) is 44.6 Å². The van der Waals surface area contributed by atoms with Crippen molar-refractivity contribution in [2.75, 3.05) is 7.05 Å². The fourth-order valence-corrected chi connectivity index (χ4v) is 2.24. The van der Waals surface area contributed by atoms with Gasteiger partial charge in [0.1, 0.15) is 0 Å². The Morgan fingerprint density at radius 3 is 2.56 bits per heavy atom. The van der Waals surface area contributed by atoms with Crippen LogP contribution in [0.4, 0.5) is 0 Å². The van der Waals surface area contributed by atoms with Crippen molar-refractivity contribution in [3.8, 4) is 0 Å². The van der Waals surface area contributed by atoms with Gasteiger partial charge in [-0.3, -0.25) is 0 Å². The van der Waals surface area contributed by atoms with Crippen LogP contribution in [0, 0.1) is 0 Å². The van der Waals surface area contributed by atoms with Crippen molar-refractivity contribution in [3.63, 3.8) is 0 Å². The second kappa shape index (κ2) is 9.18. The normalized spacial score (nSPS) is 12.3. The molecule has 0 saturated heterocycles. The molecule has 100 valence electrons. The summed E-state index contributed by atoms with van der Waals surface area (Å²) in [5.74, 6) is 0. The Morgan fingerprint density at radius 1 is 1.22 bits per heavy atom. The zero-order valence-electron chi connectivity index (χ0n) is 11.3. The highest BCUT2D eigenvalue weighted by molar-refractivity contribution is 6.30. The van der Waals surface area contributed by atoms with Gasteiger partial charge in [0, 0.05) is 11.1 Å². The molecule has 2 heteroatoms. The standard InChI is InChI=1S/C16H24ClN/c1-3-4-5-6-7-8-16(18-2)13-14-9-11-15(17)12-10-14/h3,9-12,16,18H,1,4-8,13H2,2H3. The predicted molar refractivity (Wildman–Crippen MR) is 81.3 cm³/mol. The minimum Gasteiger partial charge on any atom is -0.317 e. The van der Waals surface area contributed by atoms with Crippen LogP contribution in [0.2, 0.25) is 5.02 Å². The molecule has 0 radical (unpaired) electrons. The van der Waals surface area contributed by atoms with Gasteiger partial charge in [-0.05, 0) is 50.4 Å². The summed E-state index contributed by atoms with van der Waals surface area (Å²) in [7, 11) is 2.05. The molecule has 0 aromatic heterocycles. The van der Waals surface area contributed by atoms with E-state index in [2.05, 4.69) is 24.0 Å². The molecule has 0 fully saturated rings. The van der Waals surface area contributed by atoms with Crippen LogP contribution in [0.5, 0.6) is 0 Å². The number of hydrogen-bond acceptors (Lipinski definition) is 1. The minimum absolute atomic E-state index is 0.565. The van der Waals surface area contributed by atoms with Crippen molar-refractivity contribution < 1.29 is 0 Å². The Kier molecular flexibility index (Phi) is 7.79. The van der Waals surface area contributed by atoms with E-state index < -0.39 is 0 Å².